The number of carbonyl (C=O) groups is 1. The molecule has 0 aromatic carbocycles. The number of rotatable bonds is 1. The van der Waals surface area contributed by atoms with E-state index in [4.69, 9.17) is 0 Å². The van der Waals surface area contributed by atoms with Gasteiger partial charge in [0.25, 0.3) is 0 Å². The number of carbonyl (C=O) groups excluding carboxylic acids is 1. The summed E-state index contributed by atoms with van der Waals surface area (Å²) in [4.78, 5) is 21.1. The van der Waals surface area contributed by atoms with Crippen molar-refractivity contribution in [2.45, 2.75) is 38.1 Å². The van der Waals surface area contributed by atoms with Crippen LogP contribution in [0.1, 0.15) is 43.2 Å². The normalized spacial score (nSPS) is 36.8. The van der Waals surface area contributed by atoms with Crippen LogP contribution < -0.4 is 5.32 Å². The van der Waals surface area contributed by atoms with E-state index in [-0.39, 0.29) is 5.78 Å². The predicted molar refractivity (Wildman–Crippen MR) is 93.4 cm³/mol. The van der Waals surface area contributed by atoms with Gasteiger partial charge in [-0.2, -0.15) is 0 Å². The first-order chi connectivity index (χ1) is 11.8. The third-order valence-corrected chi connectivity index (χ3v) is 6.04. The fourth-order valence-electron chi connectivity index (χ4n) is 5.11. The number of hydrogen-bond acceptors (Lipinski definition) is 4. The maximum absolute atomic E-state index is 12.3. The molecule has 2 atom stereocenters. The Morgan fingerprint density at radius 2 is 1.96 bits per heavy atom. The van der Waals surface area contributed by atoms with E-state index in [0.717, 1.165) is 23.0 Å². The second-order valence-electron chi connectivity index (χ2n) is 7.67. The topological polar surface area (TPSA) is 54.4 Å². The SMILES string of the molecule is O=C1C=Cc2ccncc2/C1=N/C=C1/NC2CC3CC(C2)CC1C3. The lowest BCUT2D eigenvalue weighted by atomic mass is 9.68. The number of nitrogens with zero attached hydrogens (tertiary/aromatic N) is 2. The lowest BCUT2D eigenvalue weighted by Crippen LogP contribution is -2.33. The number of aromatic nitrogens is 1. The molecular formula is C20H21N3O. The molecule has 0 amide bonds. The fraction of sp³-hybridized carbons (Fsp3) is 0.450. The van der Waals surface area contributed by atoms with E-state index in [1.54, 1.807) is 18.5 Å². The van der Waals surface area contributed by atoms with Crippen molar-refractivity contribution in [1.82, 2.24) is 10.3 Å². The van der Waals surface area contributed by atoms with Crippen LogP contribution in [0, 0.1) is 17.8 Å². The predicted octanol–water partition coefficient (Wildman–Crippen LogP) is 3.11. The number of aliphatic imine (C=N–C) groups is 1. The molecule has 3 heterocycles. The van der Waals surface area contributed by atoms with Crippen molar-refractivity contribution >= 4 is 17.6 Å². The number of nitrogens with one attached hydrogen (secondary N) is 1. The fourth-order valence-corrected chi connectivity index (χ4v) is 5.11. The Bertz CT molecular complexity index is 778. The quantitative estimate of drug-likeness (QED) is 0.865. The minimum Gasteiger partial charge on any atom is -0.384 e. The molecule has 2 unspecified atom stereocenters. The zero-order valence-electron chi connectivity index (χ0n) is 13.6. The molecule has 0 spiro atoms. The van der Waals surface area contributed by atoms with Gasteiger partial charge in [0, 0.05) is 41.8 Å². The van der Waals surface area contributed by atoms with Gasteiger partial charge >= 0.3 is 0 Å². The highest BCUT2D eigenvalue weighted by molar-refractivity contribution is 6.52. The molecule has 0 radical (unpaired) electrons. The van der Waals surface area contributed by atoms with E-state index in [9.17, 15) is 4.79 Å². The average molecular weight is 319 g/mol. The molecule has 4 fully saturated rings. The summed E-state index contributed by atoms with van der Waals surface area (Å²) in [6, 6.07) is 2.52. The Labute approximate surface area is 141 Å². The Kier molecular flexibility index (Phi) is 3.18. The van der Waals surface area contributed by atoms with E-state index in [2.05, 4.69) is 15.3 Å². The minimum absolute atomic E-state index is 0.0354. The van der Waals surface area contributed by atoms with Gasteiger partial charge < -0.3 is 5.32 Å². The summed E-state index contributed by atoms with van der Waals surface area (Å²) in [7, 11) is 0. The summed E-state index contributed by atoms with van der Waals surface area (Å²) in [5, 5.41) is 3.73. The number of fused-ring (bicyclic) bond motifs is 2. The zero-order chi connectivity index (χ0) is 16.1. The molecule has 4 bridgehead atoms. The van der Waals surface area contributed by atoms with Gasteiger partial charge in [0.15, 0.2) is 0 Å². The largest absolute Gasteiger partial charge is 0.384 e. The molecule has 4 nitrogen and oxygen atoms in total. The highest BCUT2D eigenvalue weighted by Gasteiger charge is 2.41. The Morgan fingerprint density at radius 1 is 1.12 bits per heavy atom. The smallest absolute Gasteiger partial charge is 0.204 e. The van der Waals surface area contributed by atoms with Gasteiger partial charge in [-0.15, -0.1) is 0 Å². The number of allylic oxidation sites excluding steroid dienone is 2. The van der Waals surface area contributed by atoms with E-state index in [0.29, 0.717) is 17.7 Å². The van der Waals surface area contributed by atoms with Gasteiger partial charge in [0.1, 0.15) is 5.71 Å². The van der Waals surface area contributed by atoms with Gasteiger partial charge in [0.2, 0.25) is 5.78 Å². The molecule has 24 heavy (non-hydrogen) atoms. The third-order valence-electron chi connectivity index (χ3n) is 6.04. The van der Waals surface area contributed by atoms with Crippen molar-refractivity contribution in [2.75, 3.05) is 0 Å². The van der Waals surface area contributed by atoms with E-state index < -0.39 is 0 Å². The van der Waals surface area contributed by atoms with Crippen molar-refractivity contribution in [3.63, 3.8) is 0 Å². The number of hydrogen-bond donors (Lipinski definition) is 1. The minimum atomic E-state index is -0.0354. The van der Waals surface area contributed by atoms with Crippen molar-refractivity contribution in [3.05, 3.63) is 47.6 Å². The molecule has 1 N–H and O–H groups in total. The van der Waals surface area contributed by atoms with E-state index in [1.807, 2.05) is 18.3 Å². The van der Waals surface area contributed by atoms with Crippen molar-refractivity contribution in [3.8, 4) is 0 Å². The zero-order valence-corrected chi connectivity index (χ0v) is 13.6. The van der Waals surface area contributed by atoms with Gasteiger partial charge in [0.05, 0.1) is 0 Å². The molecule has 4 heteroatoms. The first-order valence-electron chi connectivity index (χ1n) is 8.97. The Balaban J connectivity index is 1.51. The summed E-state index contributed by atoms with van der Waals surface area (Å²) in [5.74, 6) is 2.31. The van der Waals surface area contributed by atoms with Crippen LogP contribution in [0.4, 0.5) is 0 Å². The summed E-state index contributed by atoms with van der Waals surface area (Å²) in [6.45, 7) is 0. The Hall–Kier alpha value is -2.23. The second-order valence-corrected chi connectivity index (χ2v) is 7.67. The van der Waals surface area contributed by atoms with Crippen LogP contribution in [0.25, 0.3) is 6.08 Å². The molecule has 1 aromatic heterocycles. The number of pyridine rings is 1. The molecule has 5 aliphatic rings. The van der Waals surface area contributed by atoms with Crippen molar-refractivity contribution in [1.29, 1.82) is 0 Å². The first-order valence-corrected chi connectivity index (χ1v) is 8.97. The molecule has 6 rings (SSSR count). The lowest BCUT2D eigenvalue weighted by Gasteiger charge is -2.37. The van der Waals surface area contributed by atoms with E-state index >= 15 is 0 Å². The maximum atomic E-state index is 12.3. The summed E-state index contributed by atoms with van der Waals surface area (Å²) < 4.78 is 0. The van der Waals surface area contributed by atoms with Crippen LogP contribution in [0.2, 0.25) is 0 Å². The van der Waals surface area contributed by atoms with Crippen LogP contribution in [0.15, 0.2) is 41.4 Å². The first kappa shape index (κ1) is 14.1. The highest BCUT2D eigenvalue weighted by atomic mass is 16.1. The molecule has 122 valence electrons. The lowest BCUT2D eigenvalue weighted by molar-refractivity contribution is -0.108. The van der Waals surface area contributed by atoms with Gasteiger partial charge in [-0.05, 0) is 61.6 Å². The van der Waals surface area contributed by atoms with Gasteiger partial charge in [-0.25, -0.2) is 0 Å². The monoisotopic (exact) mass is 319 g/mol. The maximum Gasteiger partial charge on any atom is 0.204 e. The van der Waals surface area contributed by atoms with Gasteiger partial charge in [-0.3, -0.25) is 14.8 Å². The van der Waals surface area contributed by atoms with Crippen molar-refractivity contribution in [2.24, 2.45) is 22.7 Å². The molecule has 2 saturated heterocycles. The standard InChI is InChI=1S/C20H21N3O/c24-19-2-1-14-3-4-21-10-17(14)20(19)22-11-18-15-6-12-5-13(7-15)9-16(8-12)23-18/h1-4,10-13,15-16,23H,5-9H2/b18-11+,22-20-. The molecule has 3 aliphatic carbocycles. The molecule has 2 saturated carbocycles. The van der Waals surface area contributed by atoms with Gasteiger partial charge in [-0.1, -0.05) is 6.08 Å². The summed E-state index contributed by atoms with van der Waals surface area (Å²) >= 11 is 0. The molecule has 1 aromatic rings. The van der Waals surface area contributed by atoms with Crippen LogP contribution in [-0.2, 0) is 4.79 Å². The van der Waals surface area contributed by atoms with Crippen LogP contribution >= 0.6 is 0 Å². The van der Waals surface area contributed by atoms with Crippen molar-refractivity contribution < 1.29 is 4.79 Å². The second kappa shape index (κ2) is 5.40. The highest BCUT2D eigenvalue weighted by Crippen LogP contribution is 2.47. The average Bonchev–Trinajstić information content (AvgIpc) is 2.77. The van der Waals surface area contributed by atoms with Crippen LogP contribution in [0.5, 0.6) is 0 Å². The van der Waals surface area contributed by atoms with Crippen LogP contribution in [-0.4, -0.2) is 22.5 Å². The van der Waals surface area contributed by atoms with E-state index in [1.165, 1.54) is 37.8 Å². The number of ketones is 1. The molecule has 2 aliphatic heterocycles. The van der Waals surface area contributed by atoms with Crippen LogP contribution in [0.3, 0.4) is 0 Å². The third kappa shape index (κ3) is 2.32. The summed E-state index contributed by atoms with van der Waals surface area (Å²) in [5.41, 5.74) is 3.60. The Morgan fingerprint density at radius 3 is 2.79 bits per heavy atom. The molecular weight excluding hydrogens is 298 g/mol. The summed E-state index contributed by atoms with van der Waals surface area (Å²) in [6.07, 6.45) is 15.4.